The van der Waals surface area contributed by atoms with Crippen molar-refractivity contribution in [2.24, 2.45) is 10.9 Å². The lowest BCUT2D eigenvalue weighted by molar-refractivity contribution is 0.716. The van der Waals surface area contributed by atoms with Crippen LogP contribution in [0.3, 0.4) is 0 Å². The summed E-state index contributed by atoms with van der Waals surface area (Å²) in [6.45, 7) is 0. The van der Waals surface area contributed by atoms with E-state index >= 15 is 0 Å². The Labute approximate surface area is 66.8 Å². The average Bonchev–Trinajstić information content (AvgIpc) is 2.28. The second kappa shape index (κ2) is 2.87. The van der Waals surface area contributed by atoms with E-state index in [1.807, 2.05) is 12.4 Å². The molecule has 1 atom stereocenters. The maximum Gasteiger partial charge on any atom is 0.0301 e. The van der Waals surface area contributed by atoms with Crippen molar-refractivity contribution in [2.45, 2.75) is 12.8 Å². The quantitative estimate of drug-likeness (QED) is 0.496. The zero-order valence-corrected chi connectivity index (χ0v) is 6.40. The van der Waals surface area contributed by atoms with Crippen molar-refractivity contribution in [3.05, 3.63) is 36.1 Å². The van der Waals surface area contributed by atoms with Crippen LogP contribution >= 0.6 is 0 Å². The Morgan fingerprint density at radius 3 is 3.36 bits per heavy atom. The molecule has 1 aliphatic carbocycles. The van der Waals surface area contributed by atoms with Crippen LogP contribution in [0.4, 0.5) is 0 Å². The lowest BCUT2D eigenvalue weighted by atomic mass is 9.92. The summed E-state index contributed by atoms with van der Waals surface area (Å²) in [6, 6.07) is 0. The van der Waals surface area contributed by atoms with Crippen LogP contribution in [-0.4, -0.2) is 6.21 Å². The van der Waals surface area contributed by atoms with E-state index < -0.39 is 0 Å². The molecule has 0 N–H and O–H groups in total. The van der Waals surface area contributed by atoms with Gasteiger partial charge in [-0.25, -0.2) is 0 Å². The van der Waals surface area contributed by atoms with Crippen LogP contribution in [0.15, 0.2) is 41.1 Å². The molecular weight excluding hydrogens is 134 g/mol. The predicted molar refractivity (Wildman–Crippen MR) is 47.6 cm³/mol. The highest BCUT2D eigenvalue weighted by atomic mass is 14.7. The number of fused-ring (bicyclic) bond motifs is 1. The first-order chi connectivity index (χ1) is 5.47. The number of hydrogen-bond acceptors (Lipinski definition) is 1. The van der Waals surface area contributed by atoms with E-state index in [0.717, 1.165) is 6.42 Å². The molecule has 1 unspecified atom stereocenters. The fourth-order valence-corrected chi connectivity index (χ4v) is 1.47. The topological polar surface area (TPSA) is 12.4 Å². The molecule has 2 rings (SSSR count). The maximum absolute atomic E-state index is 4.18. The Bertz CT molecular complexity index is 256. The van der Waals surface area contributed by atoms with Crippen molar-refractivity contribution in [1.29, 1.82) is 0 Å². The number of rotatable bonds is 0. The molecule has 0 spiro atoms. The third-order valence-corrected chi connectivity index (χ3v) is 2.11. The van der Waals surface area contributed by atoms with Crippen LogP contribution in [0, 0.1) is 5.92 Å². The fraction of sp³-hybridized carbons (Fsp3) is 0.300. The Hall–Kier alpha value is -1.11. The van der Waals surface area contributed by atoms with Gasteiger partial charge in [0.2, 0.25) is 0 Å². The fourth-order valence-electron chi connectivity index (χ4n) is 1.47. The normalized spacial score (nSPS) is 27.6. The van der Waals surface area contributed by atoms with Gasteiger partial charge >= 0.3 is 0 Å². The molecule has 1 aliphatic heterocycles. The van der Waals surface area contributed by atoms with Gasteiger partial charge in [-0.15, -0.1) is 0 Å². The molecule has 56 valence electrons. The zero-order valence-electron chi connectivity index (χ0n) is 6.40. The molecule has 0 bridgehead atoms. The van der Waals surface area contributed by atoms with E-state index in [1.165, 1.54) is 12.0 Å². The van der Waals surface area contributed by atoms with E-state index in [1.54, 1.807) is 0 Å². The van der Waals surface area contributed by atoms with Crippen molar-refractivity contribution < 1.29 is 0 Å². The largest absolute Gasteiger partial charge is 0.269 e. The Morgan fingerprint density at radius 2 is 2.36 bits per heavy atom. The number of hydrogen-bond donors (Lipinski definition) is 0. The van der Waals surface area contributed by atoms with Gasteiger partial charge in [0, 0.05) is 18.3 Å². The molecular formula is C10H11N. The van der Waals surface area contributed by atoms with Crippen LogP contribution in [-0.2, 0) is 0 Å². The summed E-state index contributed by atoms with van der Waals surface area (Å²) in [6.07, 6.45) is 14.9. The summed E-state index contributed by atoms with van der Waals surface area (Å²) in [5.74, 6) is 0.613. The first kappa shape index (κ1) is 6.59. The highest BCUT2D eigenvalue weighted by molar-refractivity contribution is 5.59. The Balaban J connectivity index is 2.28. The lowest BCUT2D eigenvalue weighted by Crippen LogP contribution is -2.00. The molecule has 0 amide bonds. The molecule has 0 saturated heterocycles. The summed E-state index contributed by atoms with van der Waals surface area (Å²) in [5, 5.41) is 0. The van der Waals surface area contributed by atoms with E-state index in [0.29, 0.717) is 5.92 Å². The summed E-state index contributed by atoms with van der Waals surface area (Å²) in [4.78, 5) is 4.18. The monoisotopic (exact) mass is 145 g/mol. The van der Waals surface area contributed by atoms with Crippen molar-refractivity contribution >= 4 is 6.21 Å². The van der Waals surface area contributed by atoms with E-state index in [2.05, 4.69) is 29.3 Å². The second-order valence-corrected chi connectivity index (χ2v) is 2.89. The van der Waals surface area contributed by atoms with Crippen molar-refractivity contribution in [2.75, 3.05) is 0 Å². The summed E-state index contributed by atoms with van der Waals surface area (Å²) in [7, 11) is 0. The Morgan fingerprint density at radius 1 is 1.36 bits per heavy atom. The molecule has 11 heavy (non-hydrogen) atoms. The van der Waals surface area contributed by atoms with Gasteiger partial charge in [-0.1, -0.05) is 24.3 Å². The summed E-state index contributed by atoms with van der Waals surface area (Å²) < 4.78 is 0. The van der Waals surface area contributed by atoms with Crippen molar-refractivity contribution in [1.82, 2.24) is 0 Å². The highest BCUT2D eigenvalue weighted by Gasteiger charge is 2.11. The smallest absolute Gasteiger partial charge is 0.0301 e. The number of allylic oxidation sites excluding steroid dienone is 5. The van der Waals surface area contributed by atoms with Crippen molar-refractivity contribution in [3.8, 4) is 0 Å². The number of aliphatic imine (C=N–C) groups is 1. The average molecular weight is 145 g/mol. The Kier molecular flexibility index (Phi) is 1.72. The van der Waals surface area contributed by atoms with Gasteiger partial charge < -0.3 is 0 Å². The zero-order chi connectivity index (χ0) is 7.52. The van der Waals surface area contributed by atoms with Crippen LogP contribution < -0.4 is 0 Å². The summed E-state index contributed by atoms with van der Waals surface area (Å²) >= 11 is 0. The molecule has 0 fully saturated rings. The van der Waals surface area contributed by atoms with Crippen LogP contribution in [0.2, 0.25) is 0 Å². The van der Waals surface area contributed by atoms with E-state index in [9.17, 15) is 0 Å². The second-order valence-electron chi connectivity index (χ2n) is 2.89. The molecule has 0 saturated carbocycles. The minimum absolute atomic E-state index is 0.613. The van der Waals surface area contributed by atoms with Gasteiger partial charge in [0.25, 0.3) is 0 Å². The number of nitrogens with zero attached hydrogens (tertiary/aromatic N) is 1. The molecule has 1 heterocycles. The highest BCUT2D eigenvalue weighted by Crippen LogP contribution is 2.24. The third kappa shape index (κ3) is 1.32. The molecule has 0 aromatic carbocycles. The third-order valence-electron chi connectivity index (χ3n) is 2.11. The van der Waals surface area contributed by atoms with Gasteiger partial charge in [-0.3, -0.25) is 4.99 Å². The molecule has 1 heteroatoms. The maximum atomic E-state index is 4.18. The first-order valence-corrected chi connectivity index (χ1v) is 4.03. The minimum atomic E-state index is 0.613. The van der Waals surface area contributed by atoms with Gasteiger partial charge in [0.05, 0.1) is 0 Å². The minimum Gasteiger partial charge on any atom is -0.269 e. The van der Waals surface area contributed by atoms with E-state index in [4.69, 9.17) is 0 Å². The molecule has 0 radical (unpaired) electrons. The molecule has 0 aromatic rings. The van der Waals surface area contributed by atoms with Crippen molar-refractivity contribution in [3.63, 3.8) is 0 Å². The van der Waals surface area contributed by atoms with Crippen LogP contribution in [0.25, 0.3) is 0 Å². The van der Waals surface area contributed by atoms with Crippen LogP contribution in [0.5, 0.6) is 0 Å². The molecule has 0 aromatic heterocycles. The van der Waals surface area contributed by atoms with E-state index in [-0.39, 0.29) is 0 Å². The van der Waals surface area contributed by atoms with Gasteiger partial charge in [-0.05, 0) is 18.4 Å². The SMILES string of the molecule is C1=CC2=CN=CCCC2C=C1. The van der Waals surface area contributed by atoms with Crippen LogP contribution in [0.1, 0.15) is 12.8 Å². The standard InChI is InChI=1S/C10H11N/c1-2-5-10-8-11-7-3-6-9(10)4-1/h1-2,4-5,7-9H,3,6H2. The predicted octanol–water partition coefficient (Wildman–Crippen LogP) is 2.48. The van der Waals surface area contributed by atoms with Gasteiger partial charge in [-0.2, -0.15) is 0 Å². The lowest BCUT2D eigenvalue weighted by Gasteiger charge is -2.12. The first-order valence-electron chi connectivity index (χ1n) is 4.03. The van der Waals surface area contributed by atoms with Gasteiger partial charge in [0.1, 0.15) is 0 Å². The summed E-state index contributed by atoms with van der Waals surface area (Å²) in [5.41, 5.74) is 1.35. The molecule has 2 aliphatic rings. The van der Waals surface area contributed by atoms with Gasteiger partial charge in [0.15, 0.2) is 0 Å². The molecule has 1 nitrogen and oxygen atoms in total.